The zero-order valence-electron chi connectivity index (χ0n) is 13.4. The van der Waals surface area contributed by atoms with E-state index in [0.29, 0.717) is 32.2 Å². The van der Waals surface area contributed by atoms with E-state index in [-0.39, 0.29) is 10.5 Å². The van der Waals surface area contributed by atoms with Crippen LogP contribution < -0.4 is 0 Å². The van der Waals surface area contributed by atoms with Crippen molar-refractivity contribution in [3.8, 4) is 6.07 Å². The number of nitriles is 1. The van der Waals surface area contributed by atoms with Crippen molar-refractivity contribution in [2.45, 2.75) is 17.9 Å². The van der Waals surface area contributed by atoms with Gasteiger partial charge in [0.25, 0.3) is 0 Å². The van der Waals surface area contributed by atoms with Gasteiger partial charge in [0.15, 0.2) is 0 Å². The molecular formula is C17H19N3O2S2. The predicted molar refractivity (Wildman–Crippen MR) is 94.2 cm³/mol. The van der Waals surface area contributed by atoms with E-state index in [9.17, 15) is 8.42 Å². The zero-order valence-corrected chi connectivity index (χ0v) is 15.1. The molecule has 1 aromatic carbocycles. The van der Waals surface area contributed by atoms with Gasteiger partial charge in [-0.25, -0.2) is 8.42 Å². The fourth-order valence-corrected chi connectivity index (χ4v) is 5.34. The van der Waals surface area contributed by atoms with E-state index < -0.39 is 10.0 Å². The number of sulfonamides is 1. The normalized spacial score (nSPS) is 18.2. The van der Waals surface area contributed by atoms with Gasteiger partial charge in [-0.1, -0.05) is 18.2 Å². The zero-order chi connectivity index (χ0) is 17.2. The summed E-state index contributed by atoms with van der Waals surface area (Å²) in [7, 11) is -3.62. The molecule has 1 atom stereocenters. The lowest BCUT2D eigenvalue weighted by molar-refractivity contribution is 0.147. The van der Waals surface area contributed by atoms with Crippen LogP contribution in [0.5, 0.6) is 0 Å². The van der Waals surface area contributed by atoms with Gasteiger partial charge in [0.2, 0.25) is 10.0 Å². The van der Waals surface area contributed by atoms with Gasteiger partial charge in [-0.05, 0) is 30.5 Å². The standard InChI is InChI=1S/C17H19N3O2S2/c1-14(16-6-4-12-23-16)19-8-10-20(11-9-19)24(21,22)17-7-3-2-5-15(17)13-18/h2-7,12,14H,8-11H2,1H3. The highest BCUT2D eigenvalue weighted by Crippen LogP contribution is 2.27. The Morgan fingerprint density at radius 3 is 2.46 bits per heavy atom. The van der Waals surface area contributed by atoms with Crippen molar-refractivity contribution in [1.29, 1.82) is 5.26 Å². The van der Waals surface area contributed by atoms with Gasteiger partial charge < -0.3 is 0 Å². The van der Waals surface area contributed by atoms with Gasteiger partial charge in [-0.3, -0.25) is 4.90 Å². The number of thiophene rings is 1. The first kappa shape index (κ1) is 17.1. The fraction of sp³-hybridized carbons (Fsp3) is 0.353. The Kier molecular flexibility index (Phi) is 5.01. The molecule has 7 heteroatoms. The molecular weight excluding hydrogens is 342 g/mol. The van der Waals surface area contributed by atoms with Crippen molar-refractivity contribution >= 4 is 21.4 Å². The summed E-state index contributed by atoms with van der Waals surface area (Å²) in [5.41, 5.74) is 0.201. The third kappa shape index (κ3) is 3.23. The molecule has 0 amide bonds. The Morgan fingerprint density at radius 1 is 1.12 bits per heavy atom. The minimum absolute atomic E-state index is 0.104. The van der Waals surface area contributed by atoms with Gasteiger partial charge in [-0.2, -0.15) is 9.57 Å². The third-order valence-corrected chi connectivity index (χ3v) is 7.40. The highest BCUT2D eigenvalue weighted by atomic mass is 32.2. The number of rotatable bonds is 4. The van der Waals surface area contributed by atoms with E-state index in [0.717, 1.165) is 0 Å². The number of hydrogen-bond acceptors (Lipinski definition) is 5. The van der Waals surface area contributed by atoms with Crippen LogP contribution >= 0.6 is 11.3 Å². The first-order valence-corrected chi connectivity index (χ1v) is 10.1. The Hall–Kier alpha value is -1.72. The molecule has 0 aliphatic carbocycles. The van der Waals surface area contributed by atoms with Crippen LogP contribution in [0.3, 0.4) is 0 Å². The van der Waals surface area contributed by atoms with Crippen LogP contribution in [0.25, 0.3) is 0 Å². The maximum Gasteiger partial charge on any atom is 0.244 e. The second-order valence-electron chi connectivity index (χ2n) is 5.74. The van der Waals surface area contributed by atoms with Crippen molar-refractivity contribution in [3.05, 3.63) is 52.2 Å². The van der Waals surface area contributed by atoms with E-state index in [4.69, 9.17) is 5.26 Å². The Bertz CT molecular complexity index is 833. The predicted octanol–water partition coefficient (Wildman–Crippen LogP) is 2.69. The number of hydrogen-bond donors (Lipinski definition) is 0. The molecule has 0 bridgehead atoms. The van der Waals surface area contributed by atoms with Gasteiger partial charge in [-0.15, -0.1) is 11.3 Å². The summed E-state index contributed by atoms with van der Waals surface area (Å²) in [5.74, 6) is 0. The van der Waals surface area contributed by atoms with Gasteiger partial charge in [0, 0.05) is 37.1 Å². The molecule has 0 saturated carbocycles. The van der Waals surface area contributed by atoms with Gasteiger partial charge >= 0.3 is 0 Å². The summed E-state index contributed by atoms with van der Waals surface area (Å²) in [6, 6.07) is 12.8. The number of nitrogens with zero attached hydrogens (tertiary/aromatic N) is 3. The van der Waals surface area contributed by atoms with E-state index >= 15 is 0 Å². The van der Waals surface area contributed by atoms with Crippen LogP contribution in [0.2, 0.25) is 0 Å². The highest BCUT2D eigenvalue weighted by molar-refractivity contribution is 7.89. The maximum absolute atomic E-state index is 12.8. The van der Waals surface area contributed by atoms with E-state index in [1.807, 2.05) is 12.1 Å². The van der Waals surface area contributed by atoms with Crippen LogP contribution in [-0.2, 0) is 10.0 Å². The van der Waals surface area contributed by atoms with Crippen LogP contribution in [0, 0.1) is 11.3 Å². The molecule has 0 spiro atoms. The van der Waals surface area contributed by atoms with E-state index in [1.165, 1.54) is 15.2 Å². The minimum Gasteiger partial charge on any atom is -0.293 e. The monoisotopic (exact) mass is 361 g/mol. The molecule has 1 unspecified atom stereocenters. The quantitative estimate of drug-likeness (QED) is 0.840. The summed E-state index contributed by atoms with van der Waals surface area (Å²) >= 11 is 1.72. The maximum atomic E-state index is 12.8. The molecule has 5 nitrogen and oxygen atoms in total. The highest BCUT2D eigenvalue weighted by Gasteiger charge is 2.31. The second-order valence-corrected chi connectivity index (χ2v) is 8.63. The summed E-state index contributed by atoms with van der Waals surface area (Å²) in [6.45, 7) is 4.41. The van der Waals surface area contributed by atoms with Crippen molar-refractivity contribution in [3.63, 3.8) is 0 Å². The van der Waals surface area contributed by atoms with Crippen molar-refractivity contribution in [2.75, 3.05) is 26.2 Å². The summed E-state index contributed by atoms with van der Waals surface area (Å²) < 4.78 is 27.1. The number of benzene rings is 1. The number of piperazine rings is 1. The molecule has 3 rings (SSSR count). The fourth-order valence-electron chi connectivity index (χ4n) is 2.96. The summed E-state index contributed by atoms with van der Waals surface area (Å²) in [4.78, 5) is 3.70. The van der Waals surface area contributed by atoms with Crippen molar-refractivity contribution < 1.29 is 8.42 Å². The first-order chi connectivity index (χ1) is 11.5. The van der Waals surface area contributed by atoms with E-state index in [1.54, 1.807) is 29.5 Å². The Balaban J connectivity index is 1.73. The average Bonchev–Trinajstić information content (AvgIpc) is 3.15. The molecule has 1 aromatic heterocycles. The third-order valence-electron chi connectivity index (χ3n) is 4.40. The topological polar surface area (TPSA) is 64.4 Å². The van der Waals surface area contributed by atoms with Gasteiger partial charge in [0.05, 0.1) is 10.5 Å². The molecule has 0 radical (unpaired) electrons. The molecule has 1 aliphatic heterocycles. The van der Waals surface area contributed by atoms with Crippen LogP contribution in [0.1, 0.15) is 23.4 Å². The van der Waals surface area contributed by atoms with Crippen LogP contribution in [0.15, 0.2) is 46.7 Å². The van der Waals surface area contributed by atoms with Crippen LogP contribution in [-0.4, -0.2) is 43.8 Å². The Morgan fingerprint density at radius 2 is 1.83 bits per heavy atom. The van der Waals surface area contributed by atoms with Crippen molar-refractivity contribution in [1.82, 2.24) is 9.21 Å². The van der Waals surface area contributed by atoms with E-state index in [2.05, 4.69) is 23.3 Å². The second kappa shape index (κ2) is 7.03. The molecule has 126 valence electrons. The molecule has 1 aliphatic rings. The Labute approximate surface area is 146 Å². The average molecular weight is 361 g/mol. The lowest BCUT2D eigenvalue weighted by atomic mass is 10.2. The summed E-state index contributed by atoms with van der Waals surface area (Å²) in [5, 5.41) is 11.2. The molecule has 2 aromatic rings. The molecule has 2 heterocycles. The lowest BCUT2D eigenvalue weighted by Gasteiger charge is -2.37. The van der Waals surface area contributed by atoms with Crippen molar-refractivity contribution in [2.24, 2.45) is 0 Å². The molecule has 0 N–H and O–H groups in total. The molecule has 24 heavy (non-hydrogen) atoms. The lowest BCUT2D eigenvalue weighted by Crippen LogP contribution is -2.49. The molecule has 1 fully saturated rings. The first-order valence-electron chi connectivity index (χ1n) is 7.81. The largest absolute Gasteiger partial charge is 0.293 e. The smallest absolute Gasteiger partial charge is 0.244 e. The van der Waals surface area contributed by atoms with Crippen LogP contribution in [0.4, 0.5) is 0 Å². The SMILES string of the molecule is CC(c1cccs1)N1CCN(S(=O)(=O)c2ccccc2C#N)CC1. The summed E-state index contributed by atoms with van der Waals surface area (Å²) in [6.07, 6.45) is 0. The minimum atomic E-state index is -3.62. The van der Waals surface area contributed by atoms with Gasteiger partial charge in [0.1, 0.15) is 6.07 Å². The molecule has 1 saturated heterocycles.